The predicted molar refractivity (Wildman–Crippen MR) is 155 cm³/mol. The molecule has 9 nitrogen and oxygen atoms in total. The fourth-order valence-corrected chi connectivity index (χ4v) is 5.44. The minimum absolute atomic E-state index is 0.0134. The van der Waals surface area contributed by atoms with Gasteiger partial charge < -0.3 is 19.4 Å². The Labute approximate surface area is 236 Å². The van der Waals surface area contributed by atoms with E-state index in [9.17, 15) is 9.59 Å². The van der Waals surface area contributed by atoms with Gasteiger partial charge in [-0.05, 0) is 55.5 Å². The zero-order valence-electron chi connectivity index (χ0n) is 23.8. The summed E-state index contributed by atoms with van der Waals surface area (Å²) in [6, 6.07) is 15.6. The molecule has 0 atom stereocenters. The van der Waals surface area contributed by atoms with Crippen LogP contribution in [0.3, 0.4) is 0 Å². The van der Waals surface area contributed by atoms with Crippen LogP contribution in [-0.2, 0) is 16.1 Å². The van der Waals surface area contributed by atoms with Gasteiger partial charge >= 0.3 is 0 Å². The van der Waals surface area contributed by atoms with Gasteiger partial charge in [-0.2, -0.15) is 0 Å². The normalized spacial score (nSPS) is 16.9. The van der Waals surface area contributed by atoms with Crippen molar-refractivity contribution in [3.8, 4) is 11.4 Å². The van der Waals surface area contributed by atoms with Crippen molar-refractivity contribution in [2.45, 2.75) is 52.5 Å². The minimum atomic E-state index is -0.0890. The van der Waals surface area contributed by atoms with E-state index >= 15 is 0 Å². The zero-order chi connectivity index (χ0) is 28.1. The quantitative estimate of drug-likeness (QED) is 0.442. The molecule has 0 spiro atoms. The van der Waals surface area contributed by atoms with E-state index in [0.29, 0.717) is 37.2 Å². The van der Waals surface area contributed by atoms with Crippen LogP contribution in [0.1, 0.15) is 57.3 Å². The first-order valence-corrected chi connectivity index (χ1v) is 14.4. The number of hydrogen-bond donors (Lipinski definition) is 0. The smallest absolute Gasteiger partial charge is 0.260 e. The summed E-state index contributed by atoms with van der Waals surface area (Å²) in [5, 5.41) is 8.45. The topological polar surface area (TPSA) is 83.8 Å². The van der Waals surface area contributed by atoms with Crippen LogP contribution in [0.25, 0.3) is 5.69 Å². The lowest BCUT2D eigenvalue weighted by molar-refractivity contribution is -0.134. The Bertz CT molecular complexity index is 1320. The monoisotopic (exact) mass is 544 g/mol. The van der Waals surface area contributed by atoms with Crippen LogP contribution in [0.4, 0.5) is 5.69 Å². The molecule has 0 unspecified atom stereocenters. The maximum Gasteiger partial charge on any atom is 0.260 e. The summed E-state index contributed by atoms with van der Waals surface area (Å²) in [5.74, 6) is 2.42. The van der Waals surface area contributed by atoms with Gasteiger partial charge in [0, 0.05) is 51.3 Å². The molecule has 212 valence electrons. The molecule has 2 heterocycles. The summed E-state index contributed by atoms with van der Waals surface area (Å²) in [4.78, 5) is 32.5. The molecular formula is C31H40N6O3. The highest BCUT2D eigenvalue weighted by Gasteiger charge is 2.30. The average molecular weight is 545 g/mol. The van der Waals surface area contributed by atoms with Crippen LogP contribution in [0.5, 0.6) is 5.75 Å². The first-order valence-electron chi connectivity index (χ1n) is 14.4. The Morgan fingerprint density at radius 3 is 2.48 bits per heavy atom. The Kier molecular flexibility index (Phi) is 8.79. The van der Waals surface area contributed by atoms with E-state index in [1.54, 1.807) is 13.3 Å². The van der Waals surface area contributed by atoms with Gasteiger partial charge in [-0.25, -0.2) is 0 Å². The molecule has 2 aromatic carbocycles. The summed E-state index contributed by atoms with van der Waals surface area (Å²) < 4.78 is 8.15. The van der Waals surface area contributed by atoms with Gasteiger partial charge in [-0.3, -0.25) is 14.2 Å². The van der Waals surface area contributed by atoms with Crippen LogP contribution in [-0.4, -0.2) is 75.7 Å². The third-order valence-electron chi connectivity index (χ3n) is 7.53. The highest BCUT2D eigenvalue weighted by Crippen LogP contribution is 2.40. The molecule has 1 aliphatic carbocycles. The van der Waals surface area contributed by atoms with Crippen molar-refractivity contribution in [2.75, 3.05) is 44.2 Å². The van der Waals surface area contributed by atoms with Crippen molar-refractivity contribution in [3.05, 3.63) is 66.2 Å². The predicted octanol–water partition coefficient (Wildman–Crippen LogP) is 4.27. The summed E-state index contributed by atoms with van der Waals surface area (Å²) in [6.07, 6.45) is 4.82. The first kappa shape index (κ1) is 27.8. The molecule has 2 aliphatic rings. The largest absolute Gasteiger partial charge is 0.482 e. The fourth-order valence-electron chi connectivity index (χ4n) is 5.44. The summed E-state index contributed by atoms with van der Waals surface area (Å²) in [5.41, 5.74) is 2.67. The van der Waals surface area contributed by atoms with E-state index in [-0.39, 0.29) is 18.4 Å². The molecule has 1 aliphatic heterocycles. The van der Waals surface area contributed by atoms with Gasteiger partial charge in [0.1, 0.15) is 17.9 Å². The van der Waals surface area contributed by atoms with E-state index in [2.05, 4.69) is 28.9 Å². The molecule has 1 aromatic heterocycles. The number of amides is 2. The minimum Gasteiger partial charge on any atom is -0.482 e. The van der Waals surface area contributed by atoms with Crippen LogP contribution in [0.15, 0.2) is 54.9 Å². The van der Waals surface area contributed by atoms with Gasteiger partial charge in [0.05, 0.1) is 5.69 Å². The van der Waals surface area contributed by atoms with Gasteiger partial charge in [-0.1, -0.05) is 44.2 Å². The second-order valence-corrected chi connectivity index (χ2v) is 11.3. The van der Waals surface area contributed by atoms with E-state index in [4.69, 9.17) is 4.74 Å². The van der Waals surface area contributed by atoms with Crippen molar-refractivity contribution in [1.29, 1.82) is 0 Å². The molecule has 0 radical (unpaired) electrons. The third kappa shape index (κ3) is 6.70. The lowest BCUT2D eigenvalue weighted by atomic mass is 10.1. The first-order chi connectivity index (χ1) is 19.4. The summed E-state index contributed by atoms with van der Waals surface area (Å²) in [6.45, 7) is 10.2. The Morgan fingerprint density at radius 1 is 0.975 bits per heavy atom. The second kappa shape index (κ2) is 12.6. The lowest BCUT2D eigenvalue weighted by Gasteiger charge is -2.29. The molecule has 40 heavy (non-hydrogen) atoms. The number of carbonyl (C=O) groups excluding carboxylic acids is 2. The van der Waals surface area contributed by atoms with Gasteiger partial charge in [0.15, 0.2) is 6.61 Å². The number of aromatic nitrogens is 3. The molecule has 1 fully saturated rings. The molecule has 9 heteroatoms. The number of nitrogens with zero attached hydrogens (tertiary/aromatic N) is 6. The molecule has 3 aromatic rings. The SMILES string of the molecule is CC(=O)N1CCCN(CC(C)C)CCN(C(=O)COc2ccccc2-n2cnnc2C2CC2)Cc2ccccc21. The number of carbonyl (C=O) groups is 2. The van der Waals surface area contributed by atoms with Crippen molar-refractivity contribution in [1.82, 2.24) is 24.6 Å². The maximum atomic E-state index is 13.7. The molecule has 0 saturated heterocycles. The number of fused-ring (bicyclic) bond motifs is 1. The Morgan fingerprint density at radius 2 is 1.73 bits per heavy atom. The second-order valence-electron chi connectivity index (χ2n) is 11.3. The Balaban J connectivity index is 1.37. The number of benzene rings is 2. The third-order valence-corrected chi connectivity index (χ3v) is 7.53. The van der Waals surface area contributed by atoms with E-state index < -0.39 is 0 Å². The van der Waals surface area contributed by atoms with Crippen molar-refractivity contribution >= 4 is 17.5 Å². The highest BCUT2D eigenvalue weighted by atomic mass is 16.5. The lowest BCUT2D eigenvalue weighted by Crippen LogP contribution is -2.41. The zero-order valence-corrected chi connectivity index (χ0v) is 23.8. The molecule has 1 saturated carbocycles. The number of para-hydroxylation sites is 3. The highest BCUT2D eigenvalue weighted by molar-refractivity contribution is 5.92. The van der Waals surface area contributed by atoms with Crippen LogP contribution in [0.2, 0.25) is 0 Å². The number of ether oxygens (including phenoxy) is 1. The van der Waals surface area contributed by atoms with Gasteiger partial charge in [0.25, 0.3) is 5.91 Å². The Hall–Kier alpha value is -3.72. The van der Waals surface area contributed by atoms with Gasteiger partial charge in [-0.15, -0.1) is 10.2 Å². The van der Waals surface area contributed by atoms with E-state index in [1.807, 2.05) is 62.9 Å². The molecular weight excluding hydrogens is 504 g/mol. The van der Waals surface area contributed by atoms with E-state index in [1.165, 1.54) is 0 Å². The maximum absolute atomic E-state index is 13.7. The van der Waals surface area contributed by atoms with E-state index in [0.717, 1.165) is 61.7 Å². The molecule has 0 bridgehead atoms. The molecule has 0 N–H and O–H groups in total. The van der Waals surface area contributed by atoms with Crippen LogP contribution >= 0.6 is 0 Å². The van der Waals surface area contributed by atoms with Crippen LogP contribution in [0, 0.1) is 5.92 Å². The van der Waals surface area contributed by atoms with Crippen molar-refractivity contribution in [2.24, 2.45) is 5.92 Å². The van der Waals surface area contributed by atoms with Crippen molar-refractivity contribution in [3.63, 3.8) is 0 Å². The number of anilines is 1. The summed E-state index contributed by atoms with van der Waals surface area (Å²) in [7, 11) is 0. The number of hydrogen-bond acceptors (Lipinski definition) is 6. The molecule has 2 amide bonds. The van der Waals surface area contributed by atoms with Gasteiger partial charge in [0.2, 0.25) is 5.91 Å². The average Bonchev–Trinajstić information content (AvgIpc) is 3.68. The number of rotatable bonds is 7. The summed E-state index contributed by atoms with van der Waals surface area (Å²) >= 11 is 0. The fraction of sp³-hybridized carbons (Fsp3) is 0.484. The molecule has 5 rings (SSSR count). The standard InChI is InChI=1S/C31H40N6O3/c1-23(2)19-34-15-8-16-36(24(3)38)27-10-5-4-9-26(27)20-35(18-17-34)30(39)21-40-29-12-7-6-11-28(29)37-22-32-33-31(37)25-13-14-25/h4-7,9-12,22-23,25H,8,13-21H2,1-3H3. The van der Waals surface area contributed by atoms with Crippen LogP contribution < -0.4 is 9.64 Å². The van der Waals surface area contributed by atoms with Crippen molar-refractivity contribution < 1.29 is 14.3 Å².